The molecular formula is C24H19N3O3. The number of anilines is 1. The highest BCUT2D eigenvalue weighted by Gasteiger charge is 2.09. The predicted molar refractivity (Wildman–Crippen MR) is 115 cm³/mol. The van der Waals surface area contributed by atoms with Crippen molar-refractivity contribution >= 4 is 11.6 Å². The minimum atomic E-state index is -0.248. The number of carbonyl (C=O) groups is 1. The summed E-state index contributed by atoms with van der Waals surface area (Å²) in [5.74, 6) is 1.72. The van der Waals surface area contributed by atoms with Crippen molar-refractivity contribution in [2.75, 3.05) is 12.4 Å². The molecule has 0 spiro atoms. The third kappa shape index (κ3) is 4.62. The van der Waals surface area contributed by atoms with Gasteiger partial charge < -0.3 is 14.8 Å². The third-order valence-electron chi connectivity index (χ3n) is 4.37. The molecule has 0 radical (unpaired) electrons. The van der Waals surface area contributed by atoms with Gasteiger partial charge in [-0.05, 0) is 48.5 Å². The molecule has 0 saturated carbocycles. The SMILES string of the molecule is COc1ccc(-c2cncc(C(=O)Nc3ccc(Oc4ccccc4)cc3)c2)cn1. The second kappa shape index (κ2) is 8.87. The first-order valence-corrected chi connectivity index (χ1v) is 9.31. The van der Waals surface area contributed by atoms with Crippen molar-refractivity contribution in [1.82, 2.24) is 9.97 Å². The normalized spacial score (nSPS) is 10.3. The van der Waals surface area contributed by atoms with Gasteiger partial charge in [0.15, 0.2) is 0 Å². The first-order valence-electron chi connectivity index (χ1n) is 9.31. The molecule has 0 saturated heterocycles. The van der Waals surface area contributed by atoms with E-state index in [4.69, 9.17) is 9.47 Å². The van der Waals surface area contributed by atoms with Gasteiger partial charge in [0, 0.05) is 41.5 Å². The van der Waals surface area contributed by atoms with E-state index in [1.54, 1.807) is 55.9 Å². The maximum Gasteiger partial charge on any atom is 0.257 e. The number of ether oxygens (including phenoxy) is 2. The largest absolute Gasteiger partial charge is 0.481 e. The summed E-state index contributed by atoms with van der Waals surface area (Å²) in [5, 5.41) is 2.88. The zero-order chi connectivity index (χ0) is 20.8. The molecule has 0 bridgehead atoms. The molecule has 6 heteroatoms. The summed E-state index contributed by atoms with van der Waals surface area (Å²) < 4.78 is 10.8. The molecule has 2 heterocycles. The van der Waals surface area contributed by atoms with Crippen molar-refractivity contribution in [3.63, 3.8) is 0 Å². The second-order valence-corrected chi connectivity index (χ2v) is 6.45. The van der Waals surface area contributed by atoms with Crippen LogP contribution in [0.5, 0.6) is 17.4 Å². The van der Waals surface area contributed by atoms with Crippen molar-refractivity contribution in [3.05, 3.63) is 97.0 Å². The monoisotopic (exact) mass is 397 g/mol. The molecule has 0 aliphatic carbocycles. The Hall–Kier alpha value is -4.19. The van der Waals surface area contributed by atoms with Gasteiger partial charge in [-0.3, -0.25) is 9.78 Å². The van der Waals surface area contributed by atoms with Crippen molar-refractivity contribution in [2.24, 2.45) is 0 Å². The molecule has 4 aromatic rings. The Kier molecular flexibility index (Phi) is 5.66. The summed E-state index contributed by atoms with van der Waals surface area (Å²) in [6.07, 6.45) is 4.90. The van der Waals surface area contributed by atoms with Gasteiger partial charge in [-0.1, -0.05) is 18.2 Å². The predicted octanol–water partition coefficient (Wildman–Crippen LogP) is 5.20. The molecule has 1 N–H and O–H groups in total. The second-order valence-electron chi connectivity index (χ2n) is 6.45. The summed E-state index contributed by atoms with van der Waals surface area (Å²) in [6, 6.07) is 22.1. The van der Waals surface area contributed by atoms with Crippen molar-refractivity contribution < 1.29 is 14.3 Å². The lowest BCUT2D eigenvalue weighted by molar-refractivity contribution is 0.102. The van der Waals surface area contributed by atoms with Gasteiger partial charge in [0.05, 0.1) is 12.7 Å². The van der Waals surface area contributed by atoms with Gasteiger partial charge >= 0.3 is 0 Å². The number of para-hydroxylation sites is 1. The Labute approximate surface area is 174 Å². The van der Waals surface area contributed by atoms with Crippen LogP contribution in [0, 0.1) is 0 Å². The lowest BCUT2D eigenvalue weighted by atomic mass is 10.1. The van der Waals surface area contributed by atoms with E-state index in [1.807, 2.05) is 36.4 Å². The lowest BCUT2D eigenvalue weighted by Crippen LogP contribution is -2.12. The van der Waals surface area contributed by atoms with Crippen LogP contribution < -0.4 is 14.8 Å². The lowest BCUT2D eigenvalue weighted by Gasteiger charge is -2.09. The van der Waals surface area contributed by atoms with Gasteiger partial charge in [-0.2, -0.15) is 0 Å². The van der Waals surface area contributed by atoms with Crippen molar-refractivity contribution in [1.29, 1.82) is 0 Å². The van der Waals surface area contributed by atoms with E-state index < -0.39 is 0 Å². The topological polar surface area (TPSA) is 73.3 Å². The summed E-state index contributed by atoms with van der Waals surface area (Å²) in [6.45, 7) is 0. The number of amides is 1. The molecule has 148 valence electrons. The minimum Gasteiger partial charge on any atom is -0.481 e. The average molecular weight is 397 g/mol. The number of hydrogen-bond acceptors (Lipinski definition) is 5. The van der Waals surface area contributed by atoms with E-state index in [1.165, 1.54) is 6.20 Å². The number of nitrogens with zero attached hydrogens (tertiary/aromatic N) is 2. The highest BCUT2D eigenvalue weighted by molar-refractivity contribution is 6.04. The van der Waals surface area contributed by atoms with Crippen molar-refractivity contribution in [3.8, 4) is 28.5 Å². The summed E-state index contributed by atoms with van der Waals surface area (Å²) >= 11 is 0. The van der Waals surface area contributed by atoms with Crippen LogP contribution in [0.2, 0.25) is 0 Å². The standard InChI is InChI=1S/C24H19N3O3/c1-29-23-12-7-17(16-26-23)18-13-19(15-25-14-18)24(28)27-20-8-10-22(11-9-20)30-21-5-3-2-4-6-21/h2-16H,1H3,(H,27,28). The number of rotatable bonds is 6. The fraction of sp³-hybridized carbons (Fsp3) is 0.0417. The van der Waals surface area contributed by atoms with E-state index in [-0.39, 0.29) is 5.91 Å². The summed E-state index contributed by atoms with van der Waals surface area (Å²) in [4.78, 5) is 21.0. The van der Waals surface area contributed by atoms with Crippen LogP contribution in [-0.4, -0.2) is 23.0 Å². The summed E-state index contributed by atoms with van der Waals surface area (Å²) in [7, 11) is 1.56. The van der Waals surface area contributed by atoms with Crippen LogP contribution in [0.1, 0.15) is 10.4 Å². The number of pyridine rings is 2. The molecule has 0 aliphatic heterocycles. The van der Waals surface area contributed by atoms with Gasteiger partial charge in [0.25, 0.3) is 5.91 Å². The zero-order valence-corrected chi connectivity index (χ0v) is 16.3. The molecule has 1 amide bonds. The van der Waals surface area contributed by atoms with Gasteiger partial charge in [0.1, 0.15) is 11.5 Å². The zero-order valence-electron chi connectivity index (χ0n) is 16.3. The Morgan fingerprint density at radius 2 is 1.60 bits per heavy atom. The van der Waals surface area contributed by atoms with E-state index in [2.05, 4.69) is 15.3 Å². The van der Waals surface area contributed by atoms with Crippen LogP contribution in [0.4, 0.5) is 5.69 Å². The highest BCUT2D eigenvalue weighted by Crippen LogP contribution is 2.24. The first-order chi connectivity index (χ1) is 14.7. The molecular weight excluding hydrogens is 378 g/mol. The maximum absolute atomic E-state index is 12.7. The molecule has 0 fully saturated rings. The van der Waals surface area contributed by atoms with E-state index in [0.29, 0.717) is 22.9 Å². The third-order valence-corrected chi connectivity index (χ3v) is 4.37. The first kappa shape index (κ1) is 19.1. The van der Waals surface area contributed by atoms with Crippen LogP contribution in [-0.2, 0) is 0 Å². The molecule has 0 atom stereocenters. The minimum absolute atomic E-state index is 0.248. The number of aromatic nitrogens is 2. The van der Waals surface area contributed by atoms with Crippen LogP contribution >= 0.6 is 0 Å². The van der Waals surface area contributed by atoms with E-state index >= 15 is 0 Å². The number of methoxy groups -OCH3 is 1. The number of hydrogen-bond donors (Lipinski definition) is 1. The molecule has 2 aromatic heterocycles. The number of benzene rings is 2. The Bertz CT molecular complexity index is 1130. The quantitative estimate of drug-likeness (QED) is 0.484. The highest BCUT2D eigenvalue weighted by atomic mass is 16.5. The Morgan fingerprint density at radius 3 is 2.30 bits per heavy atom. The molecule has 30 heavy (non-hydrogen) atoms. The van der Waals surface area contributed by atoms with Gasteiger partial charge in [0.2, 0.25) is 5.88 Å². The molecule has 0 aliphatic rings. The average Bonchev–Trinajstić information content (AvgIpc) is 2.81. The fourth-order valence-corrected chi connectivity index (χ4v) is 2.83. The maximum atomic E-state index is 12.7. The van der Waals surface area contributed by atoms with Crippen molar-refractivity contribution in [2.45, 2.75) is 0 Å². The molecule has 6 nitrogen and oxygen atoms in total. The molecule has 0 unspecified atom stereocenters. The van der Waals surface area contributed by atoms with Crippen LogP contribution in [0.15, 0.2) is 91.4 Å². The molecule has 2 aromatic carbocycles. The van der Waals surface area contributed by atoms with Crippen LogP contribution in [0.3, 0.4) is 0 Å². The fourth-order valence-electron chi connectivity index (χ4n) is 2.83. The number of carbonyl (C=O) groups excluding carboxylic acids is 1. The molecule has 4 rings (SSSR count). The van der Waals surface area contributed by atoms with Gasteiger partial charge in [-0.25, -0.2) is 4.98 Å². The van der Waals surface area contributed by atoms with Gasteiger partial charge in [-0.15, -0.1) is 0 Å². The van der Waals surface area contributed by atoms with E-state index in [0.717, 1.165) is 16.9 Å². The van der Waals surface area contributed by atoms with E-state index in [9.17, 15) is 4.79 Å². The smallest absolute Gasteiger partial charge is 0.257 e. The summed E-state index contributed by atoms with van der Waals surface area (Å²) in [5.41, 5.74) is 2.76. The number of nitrogens with one attached hydrogen (secondary N) is 1. The Morgan fingerprint density at radius 1 is 0.833 bits per heavy atom. The Balaban J connectivity index is 1.44. The van der Waals surface area contributed by atoms with Crippen LogP contribution in [0.25, 0.3) is 11.1 Å².